The molecule has 2 N–H and O–H groups in total. The second kappa shape index (κ2) is 5.88. The Morgan fingerprint density at radius 1 is 1.32 bits per heavy atom. The highest BCUT2D eigenvalue weighted by Gasteiger charge is 2.32. The maximum Gasteiger partial charge on any atom is 0.311 e. The van der Waals surface area contributed by atoms with Gasteiger partial charge in [-0.3, -0.25) is 9.59 Å². The van der Waals surface area contributed by atoms with E-state index in [-0.39, 0.29) is 11.6 Å². The van der Waals surface area contributed by atoms with Crippen molar-refractivity contribution in [1.82, 2.24) is 15.5 Å². The van der Waals surface area contributed by atoms with Gasteiger partial charge >= 0.3 is 11.8 Å². The Kier molecular flexibility index (Phi) is 4.42. The Balaban J connectivity index is 1.84. The molecule has 0 spiro atoms. The third-order valence-electron chi connectivity index (χ3n) is 3.63. The van der Waals surface area contributed by atoms with Gasteiger partial charge < -0.3 is 20.3 Å². The molecule has 0 radical (unpaired) electrons. The Bertz CT molecular complexity index is 351. The summed E-state index contributed by atoms with van der Waals surface area (Å²) in [6, 6.07) is 0.0307. The zero-order valence-electron chi connectivity index (χ0n) is 11.7. The third-order valence-corrected chi connectivity index (χ3v) is 3.63. The highest BCUT2D eigenvalue weighted by Crippen LogP contribution is 2.23. The fourth-order valence-electron chi connectivity index (χ4n) is 2.61. The van der Waals surface area contributed by atoms with Gasteiger partial charge in [-0.15, -0.1) is 0 Å². The fourth-order valence-corrected chi connectivity index (χ4v) is 2.61. The molecule has 0 bridgehead atoms. The van der Waals surface area contributed by atoms with Crippen LogP contribution in [0.25, 0.3) is 0 Å². The molecule has 2 saturated heterocycles. The van der Waals surface area contributed by atoms with E-state index in [0.29, 0.717) is 19.7 Å². The summed E-state index contributed by atoms with van der Waals surface area (Å²) in [5, 5.41) is 6.00. The van der Waals surface area contributed by atoms with E-state index in [4.69, 9.17) is 4.74 Å². The van der Waals surface area contributed by atoms with Crippen molar-refractivity contribution >= 4 is 11.8 Å². The quantitative estimate of drug-likeness (QED) is 0.629. The van der Waals surface area contributed by atoms with Crippen LogP contribution < -0.4 is 10.6 Å². The lowest BCUT2D eigenvalue weighted by molar-refractivity contribution is -0.147. The predicted molar refractivity (Wildman–Crippen MR) is 70.6 cm³/mol. The molecule has 2 aliphatic heterocycles. The first kappa shape index (κ1) is 14.3. The second-order valence-electron chi connectivity index (χ2n) is 5.81. The predicted octanol–water partition coefficient (Wildman–Crippen LogP) is -0.508. The van der Waals surface area contributed by atoms with Crippen LogP contribution in [0.2, 0.25) is 0 Å². The number of hydrogen-bond donors (Lipinski definition) is 2. The molecule has 0 aromatic heterocycles. The summed E-state index contributed by atoms with van der Waals surface area (Å²) in [7, 11) is 0. The van der Waals surface area contributed by atoms with E-state index < -0.39 is 11.8 Å². The van der Waals surface area contributed by atoms with Crippen LogP contribution in [0.15, 0.2) is 0 Å². The largest absolute Gasteiger partial charge is 0.375 e. The molecule has 0 aromatic rings. The van der Waals surface area contributed by atoms with Gasteiger partial charge in [0.15, 0.2) is 0 Å². The van der Waals surface area contributed by atoms with Crippen LogP contribution in [0.5, 0.6) is 0 Å². The Labute approximate surface area is 113 Å². The Morgan fingerprint density at radius 3 is 2.63 bits per heavy atom. The lowest BCUT2D eigenvalue weighted by Crippen LogP contribution is -2.54. The number of piperazine rings is 1. The minimum absolute atomic E-state index is 0.0307. The molecule has 0 aliphatic carbocycles. The number of carbonyl (C=O) groups excluding carboxylic acids is 2. The summed E-state index contributed by atoms with van der Waals surface area (Å²) in [6.45, 7) is 7.34. The zero-order valence-corrected chi connectivity index (χ0v) is 11.7. The van der Waals surface area contributed by atoms with Crippen molar-refractivity contribution in [2.75, 3.05) is 32.8 Å². The monoisotopic (exact) mass is 269 g/mol. The highest BCUT2D eigenvalue weighted by atomic mass is 16.5. The minimum atomic E-state index is -0.482. The molecule has 0 saturated carbocycles. The smallest absolute Gasteiger partial charge is 0.311 e. The van der Waals surface area contributed by atoms with Crippen molar-refractivity contribution in [3.63, 3.8) is 0 Å². The van der Waals surface area contributed by atoms with E-state index >= 15 is 0 Å². The van der Waals surface area contributed by atoms with Gasteiger partial charge in [0.2, 0.25) is 0 Å². The fraction of sp³-hybridized carbons (Fsp3) is 0.846. The van der Waals surface area contributed by atoms with E-state index in [0.717, 1.165) is 25.9 Å². The van der Waals surface area contributed by atoms with Crippen molar-refractivity contribution < 1.29 is 14.3 Å². The first-order valence-electron chi connectivity index (χ1n) is 6.92. The Morgan fingerprint density at radius 2 is 2.00 bits per heavy atom. The van der Waals surface area contributed by atoms with Crippen molar-refractivity contribution in [3.8, 4) is 0 Å². The third kappa shape index (κ3) is 3.91. The molecule has 1 unspecified atom stereocenters. The number of ether oxygens (including phenoxy) is 1. The number of nitrogens with one attached hydrogen (secondary N) is 2. The summed E-state index contributed by atoms with van der Waals surface area (Å²) < 4.78 is 5.60. The van der Waals surface area contributed by atoms with Gasteiger partial charge in [-0.25, -0.2) is 0 Å². The molecule has 2 rings (SSSR count). The summed E-state index contributed by atoms with van der Waals surface area (Å²) in [6.07, 6.45) is 1.51. The van der Waals surface area contributed by atoms with Crippen LogP contribution in [-0.4, -0.2) is 61.1 Å². The van der Waals surface area contributed by atoms with Crippen LogP contribution in [0.1, 0.15) is 26.7 Å². The van der Waals surface area contributed by atoms with Crippen molar-refractivity contribution in [3.05, 3.63) is 0 Å². The minimum Gasteiger partial charge on any atom is -0.375 e. The first-order chi connectivity index (χ1) is 8.98. The van der Waals surface area contributed by atoms with Crippen LogP contribution >= 0.6 is 0 Å². The molecular formula is C13H23N3O3. The van der Waals surface area contributed by atoms with Gasteiger partial charge in [-0.05, 0) is 26.7 Å². The summed E-state index contributed by atoms with van der Waals surface area (Å²) in [5.41, 5.74) is -0.228. The molecule has 2 heterocycles. The molecule has 19 heavy (non-hydrogen) atoms. The number of carbonyl (C=O) groups is 2. The SMILES string of the molecule is CC1(C)CC(NC(=O)C(=O)N2CCNCC2)CCO1. The van der Waals surface area contributed by atoms with Crippen LogP contribution in [-0.2, 0) is 14.3 Å². The zero-order chi connectivity index (χ0) is 13.9. The second-order valence-corrected chi connectivity index (χ2v) is 5.81. The van der Waals surface area contributed by atoms with Crippen molar-refractivity contribution in [2.45, 2.75) is 38.3 Å². The van der Waals surface area contributed by atoms with E-state index in [2.05, 4.69) is 10.6 Å². The topological polar surface area (TPSA) is 70.7 Å². The van der Waals surface area contributed by atoms with Crippen LogP contribution in [0.4, 0.5) is 0 Å². The van der Waals surface area contributed by atoms with E-state index in [1.165, 1.54) is 0 Å². The molecule has 6 nitrogen and oxygen atoms in total. The normalized spacial score (nSPS) is 26.8. The van der Waals surface area contributed by atoms with Crippen molar-refractivity contribution in [1.29, 1.82) is 0 Å². The summed E-state index contributed by atoms with van der Waals surface area (Å²) in [5.74, 6) is -0.893. The number of amides is 2. The molecule has 2 aliphatic rings. The van der Waals surface area contributed by atoms with Gasteiger partial charge in [-0.2, -0.15) is 0 Å². The van der Waals surface area contributed by atoms with Crippen molar-refractivity contribution in [2.24, 2.45) is 0 Å². The maximum absolute atomic E-state index is 12.0. The molecule has 108 valence electrons. The maximum atomic E-state index is 12.0. The molecule has 1 atom stereocenters. The van der Waals surface area contributed by atoms with E-state index in [1.807, 2.05) is 13.8 Å². The van der Waals surface area contributed by atoms with Gasteiger partial charge in [0, 0.05) is 38.8 Å². The van der Waals surface area contributed by atoms with E-state index in [9.17, 15) is 9.59 Å². The highest BCUT2D eigenvalue weighted by molar-refractivity contribution is 6.35. The molecule has 2 fully saturated rings. The number of hydrogen-bond acceptors (Lipinski definition) is 4. The first-order valence-corrected chi connectivity index (χ1v) is 6.92. The standard InChI is InChI=1S/C13H23N3O3/c1-13(2)9-10(3-8-19-13)15-11(17)12(18)16-6-4-14-5-7-16/h10,14H,3-9H2,1-2H3,(H,15,17). The molecule has 2 amide bonds. The van der Waals surface area contributed by atoms with Crippen LogP contribution in [0.3, 0.4) is 0 Å². The van der Waals surface area contributed by atoms with Gasteiger partial charge in [0.25, 0.3) is 0 Å². The van der Waals surface area contributed by atoms with Crippen LogP contribution in [0, 0.1) is 0 Å². The number of nitrogens with zero attached hydrogens (tertiary/aromatic N) is 1. The van der Waals surface area contributed by atoms with Gasteiger partial charge in [-0.1, -0.05) is 0 Å². The number of rotatable bonds is 1. The Hall–Kier alpha value is -1.14. The van der Waals surface area contributed by atoms with E-state index in [1.54, 1.807) is 4.90 Å². The molecule has 0 aromatic carbocycles. The lowest BCUT2D eigenvalue weighted by atomic mass is 9.94. The lowest BCUT2D eigenvalue weighted by Gasteiger charge is -2.36. The average molecular weight is 269 g/mol. The van der Waals surface area contributed by atoms with Gasteiger partial charge in [0.05, 0.1) is 5.60 Å². The average Bonchev–Trinajstić information content (AvgIpc) is 2.37. The summed E-state index contributed by atoms with van der Waals surface area (Å²) in [4.78, 5) is 25.6. The molecule has 6 heteroatoms. The van der Waals surface area contributed by atoms with Gasteiger partial charge in [0.1, 0.15) is 0 Å². The summed E-state index contributed by atoms with van der Waals surface area (Å²) >= 11 is 0. The molecular weight excluding hydrogens is 246 g/mol.